The van der Waals surface area contributed by atoms with Gasteiger partial charge in [0.05, 0.1) is 6.04 Å². The summed E-state index contributed by atoms with van der Waals surface area (Å²) in [5, 5.41) is 3.17. The Bertz CT molecular complexity index is 807. The zero-order valence-corrected chi connectivity index (χ0v) is 14.4. The molecule has 0 saturated carbocycles. The molecular formula is C19H22N6. The minimum atomic E-state index is 0.00169. The summed E-state index contributed by atoms with van der Waals surface area (Å²) in [6.45, 7) is 2.86. The lowest BCUT2D eigenvalue weighted by molar-refractivity contribution is 0.244. The van der Waals surface area contributed by atoms with Gasteiger partial charge in [0.15, 0.2) is 5.82 Å². The first-order chi connectivity index (χ1) is 12.1. The summed E-state index contributed by atoms with van der Waals surface area (Å²) < 4.78 is 0. The van der Waals surface area contributed by atoms with Crippen LogP contribution < -0.4 is 11.1 Å². The average molecular weight is 334 g/mol. The van der Waals surface area contributed by atoms with E-state index in [1.807, 2.05) is 55.6 Å². The predicted octanol–water partition coefficient (Wildman–Crippen LogP) is 3.39. The van der Waals surface area contributed by atoms with Gasteiger partial charge in [0.25, 0.3) is 0 Å². The van der Waals surface area contributed by atoms with Crippen molar-refractivity contribution in [2.24, 2.45) is 0 Å². The largest absolute Gasteiger partial charge is 0.368 e. The van der Waals surface area contributed by atoms with Crippen LogP contribution in [-0.2, 0) is 6.54 Å². The molecule has 25 heavy (non-hydrogen) atoms. The van der Waals surface area contributed by atoms with Crippen molar-refractivity contribution >= 4 is 17.6 Å². The fourth-order valence-corrected chi connectivity index (χ4v) is 2.51. The monoisotopic (exact) mass is 334 g/mol. The summed E-state index contributed by atoms with van der Waals surface area (Å²) in [6, 6.07) is 20.1. The van der Waals surface area contributed by atoms with Crippen LogP contribution >= 0.6 is 0 Å². The van der Waals surface area contributed by atoms with Gasteiger partial charge in [-0.3, -0.25) is 4.90 Å². The number of hydrogen-bond donors (Lipinski definition) is 2. The van der Waals surface area contributed by atoms with Gasteiger partial charge in [0, 0.05) is 12.2 Å². The number of nitrogens with one attached hydrogen (secondary N) is 1. The number of anilines is 3. The van der Waals surface area contributed by atoms with Crippen molar-refractivity contribution in [2.75, 3.05) is 18.1 Å². The second-order valence-electron chi connectivity index (χ2n) is 5.94. The van der Waals surface area contributed by atoms with Crippen LogP contribution in [-0.4, -0.2) is 26.9 Å². The van der Waals surface area contributed by atoms with Gasteiger partial charge in [0.1, 0.15) is 0 Å². The van der Waals surface area contributed by atoms with Crippen LogP contribution in [0.15, 0.2) is 60.7 Å². The lowest BCUT2D eigenvalue weighted by atomic mass is 10.2. The molecule has 0 aliphatic heterocycles. The standard InChI is InChI=1S/C19H22N6/c1-14(25(2)13-15-9-5-3-6-10-15)17-22-18(20)24-19(23-17)21-16-11-7-4-8-12-16/h3-12,14H,13H2,1-2H3,(H3,20,21,22,23,24). The first-order valence-corrected chi connectivity index (χ1v) is 8.19. The smallest absolute Gasteiger partial charge is 0.232 e. The van der Waals surface area contributed by atoms with Crippen LogP contribution in [0.1, 0.15) is 24.4 Å². The molecule has 3 N–H and O–H groups in total. The number of nitrogen functional groups attached to an aromatic ring is 1. The fourth-order valence-electron chi connectivity index (χ4n) is 2.51. The molecule has 0 aliphatic rings. The van der Waals surface area contributed by atoms with Crippen molar-refractivity contribution in [1.29, 1.82) is 0 Å². The first-order valence-electron chi connectivity index (χ1n) is 8.19. The van der Waals surface area contributed by atoms with Crippen LogP contribution in [0.3, 0.4) is 0 Å². The predicted molar refractivity (Wildman–Crippen MR) is 100 cm³/mol. The third-order valence-electron chi connectivity index (χ3n) is 4.01. The van der Waals surface area contributed by atoms with Gasteiger partial charge < -0.3 is 11.1 Å². The Morgan fingerprint density at radius 2 is 1.60 bits per heavy atom. The Morgan fingerprint density at radius 1 is 0.960 bits per heavy atom. The maximum atomic E-state index is 5.88. The summed E-state index contributed by atoms with van der Waals surface area (Å²) in [4.78, 5) is 15.2. The normalized spacial score (nSPS) is 12.1. The number of hydrogen-bond acceptors (Lipinski definition) is 6. The molecular weight excluding hydrogens is 312 g/mol. The molecule has 0 bridgehead atoms. The van der Waals surface area contributed by atoms with Gasteiger partial charge in [-0.15, -0.1) is 0 Å². The first kappa shape index (κ1) is 16.9. The van der Waals surface area contributed by atoms with E-state index in [9.17, 15) is 0 Å². The zero-order chi connectivity index (χ0) is 17.6. The van der Waals surface area contributed by atoms with Crippen LogP contribution in [0.2, 0.25) is 0 Å². The molecule has 6 nitrogen and oxygen atoms in total. The summed E-state index contributed by atoms with van der Waals surface area (Å²) >= 11 is 0. The lowest BCUT2D eigenvalue weighted by Gasteiger charge is -2.23. The topological polar surface area (TPSA) is 80.0 Å². The van der Waals surface area contributed by atoms with E-state index in [2.05, 4.69) is 44.2 Å². The summed E-state index contributed by atoms with van der Waals surface area (Å²) in [6.07, 6.45) is 0. The van der Waals surface area contributed by atoms with Gasteiger partial charge in [-0.25, -0.2) is 0 Å². The second-order valence-corrected chi connectivity index (χ2v) is 5.94. The van der Waals surface area contributed by atoms with E-state index >= 15 is 0 Å². The average Bonchev–Trinajstić information content (AvgIpc) is 2.62. The molecule has 128 valence electrons. The minimum absolute atomic E-state index is 0.00169. The van der Waals surface area contributed by atoms with Gasteiger partial charge in [-0.05, 0) is 31.7 Å². The number of benzene rings is 2. The van der Waals surface area contributed by atoms with Gasteiger partial charge in [-0.1, -0.05) is 48.5 Å². The van der Waals surface area contributed by atoms with E-state index in [1.54, 1.807) is 0 Å². The Hall–Kier alpha value is -2.99. The number of para-hydroxylation sites is 1. The van der Waals surface area contributed by atoms with Crippen molar-refractivity contribution in [3.63, 3.8) is 0 Å². The Labute approximate surface area is 147 Å². The van der Waals surface area contributed by atoms with Crippen LogP contribution in [0.4, 0.5) is 17.6 Å². The molecule has 6 heteroatoms. The number of rotatable bonds is 6. The Balaban J connectivity index is 1.76. The van der Waals surface area contributed by atoms with E-state index in [-0.39, 0.29) is 12.0 Å². The third kappa shape index (κ3) is 4.51. The molecule has 2 aromatic carbocycles. The van der Waals surface area contributed by atoms with Gasteiger partial charge >= 0.3 is 0 Å². The number of aromatic nitrogens is 3. The molecule has 0 fully saturated rings. The maximum absolute atomic E-state index is 5.88. The Morgan fingerprint density at radius 3 is 2.28 bits per heavy atom. The zero-order valence-electron chi connectivity index (χ0n) is 14.4. The molecule has 3 rings (SSSR count). The summed E-state index contributed by atoms with van der Waals surface area (Å²) in [5.41, 5.74) is 8.03. The van der Waals surface area contributed by atoms with E-state index in [0.29, 0.717) is 11.8 Å². The van der Waals surface area contributed by atoms with E-state index < -0.39 is 0 Å². The van der Waals surface area contributed by atoms with E-state index in [0.717, 1.165) is 12.2 Å². The molecule has 0 radical (unpaired) electrons. The minimum Gasteiger partial charge on any atom is -0.368 e. The molecule has 1 atom stereocenters. The van der Waals surface area contributed by atoms with Crippen LogP contribution in [0, 0.1) is 0 Å². The molecule has 0 saturated heterocycles. The molecule has 0 spiro atoms. The third-order valence-corrected chi connectivity index (χ3v) is 4.01. The Kier molecular flexibility index (Phi) is 5.20. The molecule has 0 aliphatic carbocycles. The highest BCUT2D eigenvalue weighted by Gasteiger charge is 2.17. The van der Waals surface area contributed by atoms with Crippen molar-refractivity contribution in [3.05, 3.63) is 72.1 Å². The highest BCUT2D eigenvalue weighted by molar-refractivity contribution is 5.53. The van der Waals surface area contributed by atoms with E-state index in [1.165, 1.54) is 5.56 Å². The molecule has 1 heterocycles. The van der Waals surface area contributed by atoms with E-state index in [4.69, 9.17) is 5.73 Å². The van der Waals surface area contributed by atoms with Crippen molar-refractivity contribution in [2.45, 2.75) is 19.5 Å². The van der Waals surface area contributed by atoms with Crippen LogP contribution in [0.5, 0.6) is 0 Å². The molecule has 3 aromatic rings. The van der Waals surface area contributed by atoms with Crippen molar-refractivity contribution in [1.82, 2.24) is 19.9 Å². The highest BCUT2D eigenvalue weighted by atomic mass is 15.2. The summed E-state index contributed by atoms with van der Waals surface area (Å²) in [5.74, 6) is 1.31. The highest BCUT2D eigenvalue weighted by Crippen LogP contribution is 2.20. The van der Waals surface area contributed by atoms with Gasteiger partial charge in [-0.2, -0.15) is 15.0 Å². The SMILES string of the molecule is CC(c1nc(N)nc(Nc2ccccc2)n1)N(C)Cc1ccccc1. The molecule has 0 amide bonds. The number of nitrogens with zero attached hydrogens (tertiary/aromatic N) is 4. The van der Waals surface area contributed by atoms with Crippen molar-refractivity contribution in [3.8, 4) is 0 Å². The number of nitrogens with two attached hydrogens (primary N) is 1. The second kappa shape index (κ2) is 7.72. The van der Waals surface area contributed by atoms with Crippen molar-refractivity contribution < 1.29 is 0 Å². The summed E-state index contributed by atoms with van der Waals surface area (Å²) in [7, 11) is 2.04. The lowest BCUT2D eigenvalue weighted by Crippen LogP contribution is -2.24. The quantitative estimate of drug-likeness (QED) is 0.719. The molecule has 1 aromatic heterocycles. The van der Waals surface area contributed by atoms with Crippen LogP contribution in [0.25, 0.3) is 0 Å². The molecule has 1 unspecified atom stereocenters. The maximum Gasteiger partial charge on any atom is 0.232 e. The fraction of sp³-hybridized carbons (Fsp3) is 0.211. The van der Waals surface area contributed by atoms with Gasteiger partial charge in [0.2, 0.25) is 11.9 Å².